The summed E-state index contributed by atoms with van der Waals surface area (Å²) >= 11 is 7.93. The van der Waals surface area contributed by atoms with E-state index in [1.54, 1.807) is 11.8 Å². The Labute approximate surface area is 134 Å². The number of rotatable bonds is 5. The lowest BCUT2D eigenvalue weighted by Gasteiger charge is -2.24. The van der Waals surface area contributed by atoms with Gasteiger partial charge in [0, 0.05) is 17.3 Å². The van der Waals surface area contributed by atoms with Crippen molar-refractivity contribution in [1.82, 2.24) is 5.32 Å². The largest absolute Gasteiger partial charge is 0.387 e. The molecule has 1 aliphatic heterocycles. The van der Waals surface area contributed by atoms with Crippen LogP contribution < -0.4 is 5.32 Å². The smallest absolute Gasteiger partial charge is 0.226 e. The van der Waals surface area contributed by atoms with Gasteiger partial charge >= 0.3 is 0 Å². The van der Waals surface area contributed by atoms with Gasteiger partial charge in [-0.25, -0.2) is 0 Å². The fraction of sp³-hybridized carbons (Fsp3) is 0.562. The van der Waals surface area contributed by atoms with Crippen LogP contribution in [0.25, 0.3) is 0 Å². The molecule has 114 valence electrons. The van der Waals surface area contributed by atoms with Gasteiger partial charge in [0.15, 0.2) is 0 Å². The molecule has 2 fully saturated rings. The van der Waals surface area contributed by atoms with Crippen molar-refractivity contribution in [3.8, 4) is 0 Å². The zero-order chi connectivity index (χ0) is 14.9. The third kappa shape index (κ3) is 3.38. The summed E-state index contributed by atoms with van der Waals surface area (Å²) in [6.07, 6.45) is 3.25. The second-order valence-corrected chi connectivity index (χ2v) is 7.77. The lowest BCUT2D eigenvalue weighted by atomic mass is 9.95. The molecule has 1 aliphatic carbocycles. The Kier molecular flexibility index (Phi) is 4.21. The highest BCUT2D eigenvalue weighted by Gasteiger charge is 2.50. The number of amides is 1. The number of benzene rings is 1. The number of carbonyl (C=O) groups is 1. The van der Waals surface area contributed by atoms with E-state index in [1.807, 2.05) is 24.3 Å². The van der Waals surface area contributed by atoms with Crippen LogP contribution in [0.1, 0.15) is 24.8 Å². The normalized spacial score (nSPS) is 26.6. The van der Waals surface area contributed by atoms with Crippen molar-refractivity contribution in [1.29, 1.82) is 0 Å². The summed E-state index contributed by atoms with van der Waals surface area (Å²) in [4.78, 5) is 12.5. The molecule has 1 saturated heterocycles. The van der Waals surface area contributed by atoms with E-state index in [4.69, 9.17) is 11.6 Å². The topological polar surface area (TPSA) is 49.3 Å². The molecule has 1 heterocycles. The monoisotopic (exact) mass is 325 g/mol. The Morgan fingerprint density at radius 2 is 2.10 bits per heavy atom. The Bertz CT molecular complexity index is 539. The molecule has 3 rings (SSSR count). The maximum absolute atomic E-state index is 12.5. The predicted octanol–water partition coefficient (Wildman–Crippen LogP) is 2.65. The summed E-state index contributed by atoms with van der Waals surface area (Å²) in [5, 5.41) is 14.0. The summed E-state index contributed by atoms with van der Waals surface area (Å²) in [6, 6.07) is 7.70. The van der Waals surface area contributed by atoms with E-state index in [0.717, 1.165) is 35.6 Å². The summed E-state index contributed by atoms with van der Waals surface area (Å²) < 4.78 is 0. The van der Waals surface area contributed by atoms with Crippen LogP contribution in [0.4, 0.5) is 0 Å². The molecule has 0 unspecified atom stereocenters. The van der Waals surface area contributed by atoms with E-state index < -0.39 is 5.60 Å². The molecule has 0 radical (unpaired) electrons. The van der Waals surface area contributed by atoms with Crippen LogP contribution in [-0.2, 0) is 11.2 Å². The molecular weight excluding hydrogens is 306 g/mol. The van der Waals surface area contributed by atoms with Crippen molar-refractivity contribution < 1.29 is 9.90 Å². The highest BCUT2D eigenvalue weighted by Crippen LogP contribution is 2.49. The van der Waals surface area contributed by atoms with Crippen molar-refractivity contribution in [2.45, 2.75) is 31.3 Å². The zero-order valence-corrected chi connectivity index (χ0v) is 13.5. The minimum Gasteiger partial charge on any atom is -0.387 e. The van der Waals surface area contributed by atoms with Crippen LogP contribution in [0.5, 0.6) is 0 Å². The molecule has 2 aliphatic rings. The summed E-state index contributed by atoms with van der Waals surface area (Å²) in [5.41, 5.74) is -0.00425. The summed E-state index contributed by atoms with van der Waals surface area (Å²) in [7, 11) is 0. The maximum atomic E-state index is 12.5. The molecule has 1 aromatic rings. The number of hydrogen-bond acceptors (Lipinski definition) is 3. The maximum Gasteiger partial charge on any atom is 0.226 e. The Morgan fingerprint density at radius 3 is 2.71 bits per heavy atom. The number of hydrogen-bond donors (Lipinski definition) is 2. The molecule has 1 aromatic carbocycles. The van der Waals surface area contributed by atoms with Gasteiger partial charge in [-0.15, -0.1) is 0 Å². The molecule has 0 spiro atoms. The van der Waals surface area contributed by atoms with Crippen LogP contribution in [0.3, 0.4) is 0 Å². The van der Waals surface area contributed by atoms with Crippen molar-refractivity contribution in [3.63, 3.8) is 0 Å². The van der Waals surface area contributed by atoms with E-state index in [9.17, 15) is 9.90 Å². The lowest BCUT2D eigenvalue weighted by Crippen LogP contribution is -2.45. The molecule has 1 saturated carbocycles. The minimum atomic E-state index is -0.721. The molecule has 0 aromatic heterocycles. The second kappa shape index (κ2) is 5.82. The first-order chi connectivity index (χ1) is 10.0. The van der Waals surface area contributed by atoms with Gasteiger partial charge < -0.3 is 10.4 Å². The van der Waals surface area contributed by atoms with Gasteiger partial charge in [0.1, 0.15) is 0 Å². The van der Waals surface area contributed by atoms with Gasteiger partial charge in [-0.2, -0.15) is 11.8 Å². The fourth-order valence-electron chi connectivity index (χ4n) is 2.81. The van der Waals surface area contributed by atoms with Crippen LogP contribution >= 0.6 is 23.4 Å². The summed E-state index contributed by atoms with van der Waals surface area (Å²) in [6.45, 7) is 0.364. The molecule has 2 N–H and O–H groups in total. The SMILES string of the molecule is O=C(NC[C@]1(O)CCSC1)C1(Cc2ccccc2Cl)CC1. The van der Waals surface area contributed by atoms with Gasteiger partial charge in [0.2, 0.25) is 5.91 Å². The lowest BCUT2D eigenvalue weighted by molar-refractivity contribution is -0.127. The first kappa shape index (κ1) is 15.2. The van der Waals surface area contributed by atoms with Gasteiger partial charge in [0.25, 0.3) is 0 Å². The molecule has 0 bridgehead atoms. The molecule has 5 heteroatoms. The molecule has 1 atom stereocenters. The quantitative estimate of drug-likeness (QED) is 0.875. The van der Waals surface area contributed by atoms with Gasteiger partial charge in [0.05, 0.1) is 11.0 Å². The Hall–Kier alpha value is -0.710. The van der Waals surface area contributed by atoms with Crippen LogP contribution in [0.15, 0.2) is 24.3 Å². The second-order valence-electron chi connectivity index (χ2n) is 6.26. The third-order valence-corrected chi connectivity index (χ3v) is 6.09. The standard InChI is InChI=1S/C16H20ClNO2S/c17-13-4-2-1-3-12(13)9-15(5-6-15)14(19)18-10-16(20)7-8-21-11-16/h1-4,20H,5-11H2,(H,18,19)/t16-/m1/s1. The van der Waals surface area contributed by atoms with Crippen molar-refractivity contribution >= 4 is 29.3 Å². The first-order valence-corrected chi connectivity index (χ1v) is 8.88. The average molecular weight is 326 g/mol. The molecular formula is C16H20ClNO2S. The number of thioether (sulfide) groups is 1. The minimum absolute atomic E-state index is 0.0627. The van der Waals surface area contributed by atoms with Crippen molar-refractivity contribution in [3.05, 3.63) is 34.9 Å². The number of carbonyl (C=O) groups excluding carboxylic acids is 1. The highest BCUT2D eigenvalue weighted by atomic mass is 35.5. The van der Waals surface area contributed by atoms with Crippen LogP contribution in [0, 0.1) is 5.41 Å². The Morgan fingerprint density at radius 1 is 1.33 bits per heavy atom. The zero-order valence-electron chi connectivity index (χ0n) is 11.9. The highest BCUT2D eigenvalue weighted by molar-refractivity contribution is 7.99. The van der Waals surface area contributed by atoms with E-state index >= 15 is 0 Å². The van der Waals surface area contributed by atoms with E-state index in [0.29, 0.717) is 18.7 Å². The summed E-state index contributed by atoms with van der Waals surface area (Å²) in [5.74, 6) is 1.75. The number of nitrogens with one attached hydrogen (secondary N) is 1. The Balaban J connectivity index is 1.60. The van der Waals surface area contributed by atoms with Crippen LogP contribution in [0.2, 0.25) is 5.02 Å². The predicted molar refractivity (Wildman–Crippen MR) is 86.7 cm³/mol. The van der Waals surface area contributed by atoms with Crippen molar-refractivity contribution in [2.24, 2.45) is 5.41 Å². The number of halogens is 1. The number of aliphatic hydroxyl groups is 1. The molecule has 1 amide bonds. The van der Waals surface area contributed by atoms with E-state index in [1.165, 1.54) is 0 Å². The van der Waals surface area contributed by atoms with Crippen molar-refractivity contribution in [2.75, 3.05) is 18.1 Å². The average Bonchev–Trinajstić information content (AvgIpc) is 3.13. The molecule has 3 nitrogen and oxygen atoms in total. The molecule has 21 heavy (non-hydrogen) atoms. The third-order valence-electron chi connectivity index (χ3n) is 4.48. The van der Waals surface area contributed by atoms with E-state index in [-0.39, 0.29) is 11.3 Å². The van der Waals surface area contributed by atoms with Crippen LogP contribution in [-0.4, -0.2) is 34.7 Å². The van der Waals surface area contributed by atoms with Gasteiger partial charge in [-0.3, -0.25) is 4.79 Å². The van der Waals surface area contributed by atoms with E-state index in [2.05, 4.69) is 5.32 Å². The fourth-order valence-corrected chi connectivity index (χ4v) is 4.31. The van der Waals surface area contributed by atoms with Gasteiger partial charge in [-0.05, 0) is 43.1 Å². The van der Waals surface area contributed by atoms with Gasteiger partial charge in [-0.1, -0.05) is 29.8 Å². The first-order valence-electron chi connectivity index (χ1n) is 7.35.